The Hall–Kier alpha value is -3.12. The largest absolute Gasteiger partial charge is 0.496 e. The fraction of sp³-hybridized carbons (Fsp3) is 0.200. The minimum Gasteiger partial charge on any atom is -0.496 e. The number of fused-ring (bicyclic) bond motifs is 1. The first kappa shape index (κ1) is 17.7. The van der Waals surface area contributed by atoms with Crippen molar-refractivity contribution in [3.63, 3.8) is 0 Å². The summed E-state index contributed by atoms with van der Waals surface area (Å²) in [7, 11) is 3.01. The second-order valence-electron chi connectivity index (χ2n) is 5.54. The molecule has 0 N–H and O–H groups in total. The van der Waals surface area contributed by atoms with Crippen LogP contribution >= 0.6 is 0 Å². The van der Waals surface area contributed by atoms with E-state index in [2.05, 4.69) is 0 Å². The quantitative estimate of drug-likeness (QED) is 0.476. The smallest absolute Gasteiger partial charge is 0.375 e. The molecule has 0 aliphatic carbocycles. The molecule has 1 aromatic heterocycles. The van der Waals surface area contributed by atoms with Gasteiger partial charge in [-0.05, 0) is 18.2 Å². The van der Waals surface area contributed by atoms with Crippen molar-refractivity contribution in [3.8, 4) is 5.75 Å². The summed E-state index contributed by atoms with van der Waals surface area (Å²) < 4.78 is 21.1. The summed E-state index contributed by atoms with van der Waals surface area (Å²) >= 11 is 0. The Morgan fingerprint density at radius 3 is 2.50 bits per heavy atom. The molecule has 0 bridgehead atoms. The van der Waals surface area contributed by atoms with Gasteiger partial charge in [-0.25, -0.2) is 4.79 Å². The van der Waals surface area contributed by atoms with E-state index >= 15 is 0 Å². The van der Waals surface area contributed by atoms with E-state index in [1.807, 2.05) is 18.2 Å². The van der Waals surface area contributed by atoms with Crippen LogP contribution < -0.4 is 4.74 Å². The number of carbonyl (C=O) groups is 2. The zero-order chi connectivity index (χ0) is 18.5. The molecule has 0 fully saturated rings. The number of esters is 1. The van der Waals surface area contributed by atoms with Gasteiger partial charge in [0.1, 0.15) is 11.3 Å². The maximum absolute atomic E-state index is 12.4. The van der Waals surface area contributed by atoms with Gasteiger partial charge in [-0.2, -0.15) is 0 Å². The van der Waals surface area contributed by atoms with Gasteiger partial charge in [0.05, 0.1) is 19.3 Å². The molecule has 0 aliphatic heterocycles. The molecular weight excluding hydrogens is 336 g/mol. The normalized spacial score (nSPS) is 10.7. The highest BCUT2D eigenvalue weighted by Gasteiger charge is 2.23. The van der Waals surface area contributed by atoms with Crippen molar-refractivity contribution >= 4 is 22.7 Å². The molecule has 0 amide bonds. The van der Waals surface area contributed by atoms with Crippen molar-refractivity contribution in [1.82, 2.24) is 0 Å². The highest BCUT2D eigenvalue weighted by atomic mass is 16.5. The van der Waals surface area contributed by atoms with Crippen molar-refractivity contribution in [2.45, 2.75) is 6.61 Å². The number of benzene rings is 2. The van der Waals surface area contributed by atoms with Crippen LogP contribution in [0.3, 0.4) is 0 Å². The molecule has 0 saturated carbocycles. The molecule has 3 aromatic rings. The molecule has 6 nitrogen and oxygen atoms in total. The van der Waals surface area contributed by atoms with Crippen LogP contribution in [0.1, 0.15) is 26.5 Å². The second-order valence-corrected chi connectivity index (χ2v) is 5.54. The number of Topliss-reactive ketones (excluding diaryl/α,β-unsaturated/α-hetero) is 1. The third kappa shape index (κ3) is 3.45. The van der Waals surface area contributed by atoms with Gasteiger partial charge in [-0.15, -0.1) is 0 Å². The molecule has 0 atom stereocenters. The summed E-state index contributed by atoms with van der Waals surface area (Å²) in [5, 5.41) is 0.775. The van der Waals surface area contributed by atoms with Gasteiger partial charge in [-0.1, -0.05) is 30.3 Å². The van der Waals surface area contributed by atoms with Gasteiger partial charge in [0.15, 0.2) is 6.61 Å². The highest BCUT2D eigenvalue weighted by molar-refractivity contribution is 6.02. The van der Waals surface area contributed by atoms with Crippen LogP contribution in [0.15, 0.2) is 52.9 Å². The number of para-hydroxylation sites is 2. The maximum atomic E-state index is 12.4. The van der Waals surface area contributed by atoms with Crippen molar-refractivity contribution in [2.75, 3.05) is 20.8 Å². The molecule has 26 heavy (non-hydrogen) atoms. The molecule has 0 aliphatic rings. The van der Waals surface area contributed by atoms with Crippen LogP contribution in [0.5, 0.6) is 5.75 Å². The van der Waals surface area contributed by atoms with Crippen LogP contribution in [0.25, 0.3) is 11.0 Å². The Morgan fingerprint density at radius 2 is 1.73 bits per heavy atom. The number of furan rings is 1. The summed E-state index contributed by atoms with van der Waals surface area (Å²) in [6, 6.07) is 14.0. The predicted molar refractivity (Wildman–Crippen MR) is 94.5 cm³/mol. The number of ketones is 1. The maximum Gasteiger partial charge on any atom is 0.375 e. The van der Waals surface area contributed by atoms with Crippen molar-refractivity contribution in [1.29, 1.82) is 0 Å². The first-order chi connectivity index (χ1) is 12.7. The van der Waals surface area contributed by atoms with Gasteiger partial charge in [0.2, 0.25) is 11.5 Å². The number of methoxy groups -OCH3 is 2. The lowest BCUT2D eigenvalue weighted by Crippen LogP contribution is -2.15. The topological polar surface area (TPSA) is 75.0 Å². The SMILES string of the molecule is COCc1c(C(=O)OCC(=O)c2ccccc2OC)oc2ccccc12. The number of hydrogen-bond acceptors (Lipinski definition) is 6. The van der Waals surface area contributed by atoms with E-state index in [9.17, 15) is 9.59 Å². The molecule has 2 aromatic carbocycles. The van der Waals surface area contributed by atoms with Gasteiger partial charge in [0.25, 0.3) is 0 Å². The number of rotatable bonds is 7. The van der Waals surface area contributed by atoms with Crippen LogP contribution in [-0.4, -0.2) is 32.6 Å². The number of carbonyl (C=O) groups excluding carboxylic acids is 2. The van der Waals surface area contributed by atoms with E-state index in [4.69, 9.17) is 18.6 Å². The van der Waals surface area contributed by atoms with Crippen LogP contribution in [0.2, 0.25) is 0 Å². The Bertz CT molecular complexity index is 940. The van der Waals surface area contributed by atoms with E-state index in [-0.39, 0.29) is 18.2 Å². The van der Waals surface area contributed by atoms with Crippen molar-refractivity contribution in [2.24, 2.45) is 0 Å². The Kier molecular flexibility index (Phi) is 5.34. The standard InChI is InChI=1S/C20H18O6/c1-23-11-15-13-7-3-6-10-18(13)26-19(15)20(22)25-12-16(21)14-8-4-5-9-17(14)24-2/h3-10H,11-12H2,1-2H3. The molecule has 134 valence electrons. The minimum atomic E-state index is -0.712. The van der Waals surface area contributed by atoms with Crippen molar-refractivity contribution < 1.29 is 28.2 Å². The Balaban J connectivity index is 1.79. The molecule has 0 radical (unpaired) electrons. The minimum absolute atomic E-state index is 0.0425. The second kappa shape index (κ2) is 7.84. The molecule has 3 rings (SSSR count). The summed E-state index contributed by atoms with van der Waals surface area (Å²) in [5.74, 6) is -0.602. The zero-order valence-corrected chi connectivity index (χ0v) is 14.5. The van der Waals surface area contributed by atoms with E-state index in [1.165, 1.54) is 14.2 Å². The number of hydrogen-bond donors (Lipinski definition) is 0. The third-order valence-corrected chi connectivity index (χ3v) is 3.91. The lowest BCUT2D eigenvalue weighted by molar-refractivity contribution is 0.0440. The first-order valence-electron chi connectivity index (χ1n) is 7.98. The monoisotopic (exact) mass is 354 g/mol. The summed E-state index contributed by atoms with van der Waals surface area (Å²) in [5.41, 5.74) is 1.50. The molecular formula is C20H18O6. The van der Waals surface area contributed by atoms with Gasteiger partial charge in [0, 0.05) is 18.1 Å². The van der Waals surface area contributed by atoms with E-state index in [0.29, 0.717) is 22.5 Å². The average molecular weight is 354 g/mol. The van der Waals surface area contributed by atoms with Crippen molar-refractivity contribution in [3.05, 3.63) is 65.4 Å². The average Bonchev–Trinajstić information content (AvgIpc) is 3.05. The van der Waals surface area contributed by atoms with Crippen LogP contribution in [0.4, 0.5) is 0 Å². The fourth-order valence-corrected chi connectivity index (χ4v) is 2.70. The van der Waals surface area contributed by atoms with E-state index in [1.54, 1.807) is 30.3 Å². The lowest BCUT2D eigenvalue weighted by atomic mass is 10.1. The van der Waals surface area contributed by atoms with E-state index in [0.717, 1.165) is 5.39 Å². The molecule has 6 heteroatoms. The fourth-order valence-electron chi connectivity index (χ4n) is 2.70. The molecule has 0 saturated heterocycles. The van der Waals surface area contributed by atoms with Crippen LogP contribution in [-0.2, 0) is 16.1 Å². The highest BCUT2D eigenvalue weighted by Crippen LogP contribution is 2.27. The van der Waals surface area contributed by atoms with Crippen LogP contribution in [0, 0.1) is 0 Å². The summed E-state index contributed by atoms with van der Waals surface area (Å²) in [4.78, 5) is 24.8. The Labute approximate surface area is 150 Å². The predicted octanol–water partition coefficient (Wildman–Crippen LogP) is 3.63. The summed E-state index contributed by atoms with van der Waals surface area (Å²) in [6.07, 6.45) is 0. The van der Waals surface area contributed by atoms with E-state index < -0.39 is 12.6 Å². The van der Waals surface area contributed by atoms with Gasteiger partial charge < -0.3 is 18.6 Å². The molecule has 1 heterocycles. The molecule has 0 spiro atoms. The first-order valence-corrected chi connectivity index (χ1v) is 7.98. The van der Waals surface area contributed by atoms with Gasteiger partial charge in [-0.3, -0.25) is 4.79 Å². The molecule has 0 unspecified atom stereocenters. The third-order valence-electron chi connectivity index (χ3n) is 3.91. The zero-order valence-electron chi connectivity index (χ0n) is 14.5. The number of ether oxygens (including phenoxy) is 3. The Morgan fingerprint density at radius 1 is 1.00 bits per heavy atom. The lowest BCUT2D eigenvalue weighted by Gasteiger charge is -2.08. The summed E-state index contributed by atoms with van der Waals surface area (Å²) in [6.45, 7) is -0.218. The van der Waals surface area contributed by atoms with Gasteiger partial charge >= 0.3 is 5.97 Å².